The van der Waals surface area contributed by atoms with Crippen molar-refractivity contribution in [2.75, 3.05) is 0 Å². The number of hydrogen-bond donors (Lipinski definition) is 0. The number of nitrogens with zero attached hydrogens (tertiary/aromatic N) is 3. The lowest BCUT2D eigenvalue weighted by atomic mass is 10.1. The van der Waals surface area contributed by atoms with Crippen molar-refractivity contribution in [2.45, 2.75) is 13.8 Å². The summed E-state index contributed by atoms with van der Waals surface area (Å²) in [4.78, 5) is 4.56. The highest BCUT2D eigenvalue weighted by atomic mass is 15.0. The summed E-state index contributed by atoms with van der Waals surface area (Å²) < 4.78 is 1.85. The van der Waals surface area contributed by atoms with E-state index in [2.05, 4.69) is 11.1 Å². The van der Waals surface area contributed by atoms with Crippen LogP contribution >= 0.6 is 0 Å². The van der Waals surface area contributed by atoms with Gasteiger partial charge in [0.2, 0.25) is 0 Å². The Bertz CT molecular complexity index is 789. The molecule has 0 N–H and O–H groups in total. The van der Waals surface area contributed by atoms with Gasteiger partial charge in [-0.25, -0.2) is 4.98 Å². The molecular weight excluding hydrogens is 234 g/mol. The fourth-order valence-corrected chi connectivity index (χ4v) is 2.17. The van der Waals surface area contributed by atoms with Crippen LogP contribution in [0.5, 0.6) is 0 Å². The maximum atomic E-state index is 9.40. The van der Waals surface area contributed by atoms with Gasteiger partial charge in [0, 0.05) is 11.8 Å². The van der Waals surface area contributed by atoms with Gasteiger partial charge < -0.3 is 0 Å². The van der Waals surface area contributed by atoms with Crippen molar-refractivity contribution in [1.82, 2.24) is 9.38 Å². The molecule has 0 saturated heterocycles. The predicted octanol–water partition coefficient (Wildman–Crippen LogP) is 3.49. The Hall–Kier alpha value is -2.60. The minimum atomic E-state index is 0.586. The van der Waals surface area contributed by atoms with Crippen LogP contribution in [0.15, 0.2) is 42.6 Å². The van der Waals surface area contributed by atoms with E-state index in [9.17, 15) is 5.26 Å². The van der Waals surface area contributed by atoms with Gasteiger partial charge in [-0.15, -0.1) is 0 Å². The molecule has 0 fully saturated rings. The van der Waals surface area contributed by atoms with E-state index in [1.165, 1.54) is 5.56 Å². The fraction of sp³-hybridized carbons (Fsp3) is 0.125. The lowest BCUT2D eigenvalue weighted by Gasteiger charge is -1.99. The standard InChI is InChI=1S/C16H13N3/c1-11-3-6-13(7-4-11)16-14(9-17)19-10-12(2)5-8-15(19)18-16/h3-8,10H,1-2H3. The summed E-state index contributed by atoms with van der Waals surface area (Å²) in [6, 6.07) is 14.3. The lowest BCUT2D eigenvalue weighted by Crippen LogP contribution is -1.90. The highest BCUT2D eigenvalue weighted by Gasteiger charge is 2.13. The second-order valence-corrected chi connectivity index (χ2v) is 4.72. The van der Waals surface area contributed by atoms with E-state index in [0.717, 1.165) is 22.5 Å². The summed E-state index contributed by atoms with van der Waals surface area (Å²) in [6.07, 6.45) is 1.94. The summed E-state index contributed by atoms with van der Waals surface area (Å²) in [5.74, 6) is 0. The maximum Gasteiger partial charge on any atom is 0.152 e. The van der Waals surface area contributed by atoms with Gasteiger partial charge in [-0.3, -0.25) is 4.40 Å². The molecule has 0 bridgehead atoms. The first-order valence-corrected chi connectivity index (χ1v) is 6.15. The van der Waals surface area contributed by atoms with Crippen molar-refractivity contribution < 1.29 is 0 Å². The van der Waals surface area contributed by atoms with Crippen molar-refractivity contribution in [1.29, 1.82) is 5.26 Å². The van der Waals surface area contributed by atoms with Gasteiger partial charge in [0.05, 0.1) is 0 Å². The van der Waals surface area contributed by atoms with Crippen LogP contribution in [0.4, 0.5) is 0 Å². The van der Waals surface area contributed by atoms with Crippen LogP contribution in [-0.2, 0) is 0 Å². The Kier molecular flexibility index (Phi) is 2.57. The number of hydrogen-bond acceptors (Lipinski definition) is 2. The van der Waals surface area contributed by atoms with Gasteiger partial charge in [-0.05, 0) is 25.5 Å². The summed E-state index contributed by atoms with van der Waals surface area (Å²) >= 11 is 0. The molecule has 3 aromatic rings. The van der Waals surface area contributed by atoms with Gasteiger partial charge >= 0.3 is 0 Å². The molecule has 3 heteroatoms. The second-order valence-electron chi connectivity index (χ2n) is 4.72. The van der Waals surface area contributed by atoms with E-state index in [4.69, 9.17) is 0 Å². The van der Waals surface area contributed by atoms with Crippen molar-refractivity contribution in [3.8, 4) is 17.3 Å². The van der Waals surface area contributed by atoms with Gasteiger partial charge in [0.15, 0.2) is 5.69 Å². The van der Waals surface area contributed by atoms with E-state index < -0.39 is 0 Å². The zero-order valence-electron chi connectivity index (χ0n) is 10.9. The number of fused-ring (bicyclic) bond motifs is 1. The monoisotopic (exact) mass is 247 g/mol. The van der Waals surface area contributed by atoms with Crippen LogP contribution in [0.2, 0.25) is 0 Å². The van der Waals surface area contributed by atoms with Crippen LogP contribution in [0, 0.1) is 25.2 Å². The smallest absolute Gasteiger partial charge is 0.152 e. The third kappa shape index (κ3) is 1.88. The fourth-order valence-electron chi connectivity index (χ4n) is 2.17. The Morgan fingerprint density at radius 1 is 1.00 bits per heavy atom. The molecule has 3 nitrogen and oxygen atoms in total. The number of benzene rings is 1. The molecule has 2 aromatic heterocycles. The average molecular weight is 247 g/mol. The summed E-state index contributed by atoms with van der Waals surface area (Å²) in [5, 5.41) is 9.40. The Morgan fingerprint density at radius 3 is 2.37 bits per heavy atom. The Balaban J connectivity index is 2.29. The van der Waals surface area contributed by atoms with Gasteiger partial charge in [0.25, 0.3) is 0 Å². The lowest BCUT2D eigenvalue weighted by molar-refractivity contribution is 1.13. The number of pyridine rings is 1. The van der Waals surface area contributed by atoms with Crippen LogP contribution in [0.25, 0.3) is 16.9 Å². The molecule has 0 radical (unpaired) electrons. The molecule has 92 valence electrons. The molecule has 0 amide bonds. The van der Waals surface area contributed by atoms with Crippen molar-refractivity contribution in [3.63, 3.8) is 0 Å². The predicted molar refractivity (Wildman–Crippen MR) is 74.8 cm³/mol. The van der Waals surface area contributed by atoms with Gasteiger partial charge in [-0.2, -0.15) is 5.26 Å². The zero-order chi connectivity index (χ0) is 13.4. The first-order valence-electron chi connectivity index (χ1n) is 6.15. The first-order chi connectivity index (χ1) is 9.19. The molecule has 0 spiro atoms. The minimum absolute atomic E-state index is 0.586. The first kappa shape index (κ1) is 11.5. The normalized spacial score (nSPS) is 10.6. The number of nitriles is 1. The van der Waals surface area contributed by atoms with Crippen LogP contribution < -0.4 is 0 Å². The van der Waals surface area contributed by atoms with Crippen molar-refractivity contribution in [2.24, 2.45) is 0 Å². The van der Waals surface area contributed by atoms with Crippen LogP contribution in [-0.4, -0.2) is 9.38 Å². The molecule has 0 aliphatic carbocycles. The van der Waals surface area contributed by atoms with Gasteiger partial charge in [0.1, 0.15) is 17.4 Å². The summed E-state index contributed by atoms with van der Waals surface area (Å²) in [6.45, 7) is 4.05. The number of imidazole rings is 1. The SMILES string of the molecule is Cc1ccc(-c2nc3ccc(C)cn3c2C#N)cc1. The number of aryl methyl sites for hydroxylation is 2. The molecule has 19 heavy (non-hydrogen) atoms. The molecule has 2 heterocycles. The van der Waals surface area contributed by atoms with E-state index in [0.29, 0.717) is 5.69 Å². The second kappa shape index (κ2) is 4.25. The van der Waals surface area contributed by atoms with Crippen molar-refractivity contribution >= 4 is 5.65 Å². The highest BCUT2D eigenvalue weighted by Crippen LogP contribution is 2.24. The molecule has 0 atom stereocenters. The quantitative estimate of drug-likeness (QED) is 0.660. The molecule has 0 unspecified atom stereocenters. The summed E-state index contributed by atoms with van der Waals surface area (Å²) in [7, 11) is 0. The van der Waals surface area contributed by atoms with Crippen LogP contribution in [0.1, 0.15) is 16.8 Å². The molecular formula is C16H13N3. The zero-order valence-corrected chi connectivity index (χ0v) is 10.9. The Morgan fingerprint density at radius 2 is 1.68 bits per heavy atom. The minimum Gasteiger partial charge on any atom is -0.290 e. The molecule has 3 rings (SSSR count). The molecule has 0 aliphatic heterocycles. The average Bonchev–Trinajstić information content (AvgIpc) is 2.77. The maximum absolute atomic E-state index is 9.40. The van der Waals surface area contributed by atoms with E-state index in [1.54, 1.807) is 0 Å². The third-order valence-electron chi connectivity index (χ3n) is 3.20. The van der Waals surface area contributed by atoms with E-state index >= 15 is 0 Å². The molecule has 0 saturated carbocycles. The summed E-state index contributed by atoms with van der Waals surface area (Å²) in [5.41, 5.74) is 5.41. The Labute approximate surface area is 111 Å². The molecule has 1 aromatic carbocycles. The highest BCUT2D eigenvalue weighted by molar-refractivity contribution is 5.69. The van der Waals surface area contributed by atoms with Crippen LogP contribution in [0.3, 0.4) is 0 Å². The van der Waals surface area contributed by atoms with E-state index in [-0.39, 0.29) is 0 Å². The largest absolute Gasteiger partial charge is 0.290 e. The number of rotatable bonds is 1. The molecule has 0 aliphatic rings. The number of aromatic nitrogens is 2. The third-order valence-corrected chi connectivity index (χ3v) is 3.20. The van der Waals surface area contributed by atoms with Crippen molar-refractivity contribution in [3.05, 3.63) is 59.4 Å². The topological polar surface area (TPSA) is 41.1 Å². The van der Waals surface area contributed by atoms with Gasteiger partial charge in [-0.1, -0.05) is 35.9 Å². The van der Waals surface area contributed by atoms with E-state index in [1.807, 2.05) is 60.8 Å².